The Morgan fingerprint density at radius 1 is 0.750 bits per heavy atom. The first kappa shape index (κ1) is 9.43. The van der Waals surface area contributed by atoms with Crippen molar-refractivity contribution in [3.63, 3.8) is 0 Å². The maximum absolute atomic E-state index is 12.2. The predicted octanol–water partition coefficient (Wildman–Crippen LogP) is 1.57. The van der Waals surface area contributed by atoms with Crippen LogP contribution in [0, 0.1) is 23.7 Å². The maximum Gasteiger partial charge on any atom is 0.160 e. The summed E-state index contributed by atoms with van der Waals surface area (Å²) in [7, 11) is 0. The molecule has 6 saturated carbocycles. The lowest BCUT2D eigenvalue weighted by molar-refractivity contribution is -0.128. The Balaban J connectivity index is 1.97. The van der Waals surface area contributed by atoms with Crippen LogP contribution in [-0.2, 0) is 9.59 Å². The molecule has 0 N–H and O–H groups in total. The number of Topliss-reactive ketones (excluding diaryl/α,β-unsaturated/α-hetero) is 2. The second-order valence-corrected chi connectivity index (χ2v) is 7.97. The third kappa shape index (κ3) is 0.379. The van der Waals surface area contributed by atoms with Gasteiger partial charge in [0.1, 0.15) is 9.75 Å². The van der Waals surface area contributed by atoms with Gasteiger partial charge in [-0.15, -0.1) is 46.4 Å². The van der Waals surface area contributed by atoms with Crippen LogP contribution in [0.2, 0.25) is 0 Å². The zero-order valence-corrected chi connectivity index (χ0v) is 10.7. The van der Waals surface area contributed by atoms with Gasteiger partial charge in [-0.05, 0) is 0 Å². The molecular formula is C10H4Cl4O2. The fourth-order valence-corrected chi connectivity index (χ4v) is 8.61. The van der Waals surface area contributed by atoms with Gasteiger partial charge in [0.15, 0.2) is 11.6 Å². The van der Waals surface area contributed by atoms with E-state index in [4.69, 9.17) is 46.4 Å². The molecule has 0 spiro atoms. The molecule has 2 nitrogen and oxygen atoms in total. The number of hydrogen-bond acceptors (Lipinski definition) is 2. The van der Waals surface area contributed by atoms with Gasteiger partial charge in [-0.25, -0.2) is 0 Å². The molecule has 16 heavy (non-hydrogen) atoms. The summed E-state index contributed by atoms with van der Waals surface area (Å²) in [6, 6.07) is 0. The lowest BCUT2D eigenvalue weighted by Crippen LogP contribution is -2.94. The van der Waals surface area contributed by atoms with E-state index in [1.165, 1.54) is 0 Å². The van der Waals surface area contributed by atoms with E-state index in [9.17, 15) is 9.59 Å². The van der Waals surface area contributed by atoms with Crippen molar-refractivity contribution in [2.24, 2.45) is 23.7 Å². The highest BCUT2D eigenvalue weighted by Gasteiger charge is 3.13. The Morgan fingerprint density at radius 2 is 1.06 bits per heavy atom. The van der Waals surface area contributed by atoms with Gasteiger partial charge in [-0.3, -0.25) is 9.59 Å². The third-order valence-electron chi connectivity index (χ3n) is 5.73. The quantitative estimate of drug-likeness (QED) is 0.636. The Kier molecular flexibility index (Phi) is 1.06. The van der Waals surface area contributed by atoms with Crippen molar-refractivity contribution in [2.75, 3.05) is 0 Å². The van der Waals surface area contributed by atoms with Crippen LogP contribution in [0.25, 0.3) is 0 Å². The Labute approximate surface area is 111 Å². The molecule has 0 saturated heterocycles. The summed E-state index contributed by atoms with van der Waals surface area (Å²) in [6.45, 7) is 0. The molecule has 0 amide bonds. The highest BCUT2D eigenvalue weighted by Crippen LogP contribution is 2.98. The molecule has 6 fully saturated rings. The van der Waals surface area contributed by atoms with E-state index in [0.29, 0.717) is 0 Å². The van der Waals surface area contributed by atoms with Gasteiger partial charge in [0, 0.05) is 23.7 Å². The van der Waals surface area contributed by atoms with Crippen LogP contribution in [-0.4, -0.2) is 31.1 Å². The van der Waals surface area contributed by atoms with E-state index in [1.807, 2.05) is 0 Å². The van der Waals surface area contributed by atoms with Crippen molar-refractivity contribution < 1.29 is 9.59 Å². The van der Waals surface area contributed by atoms with E-state index in [-0.39, 0.29) is 35.2 Å². The van der Waals surface area contributed by atoms with Crippen molar-refractivity contribution in [3.05, 3.63) is 0 Å². The zero-order chi connectivity index (χ0) is 11.5. The fraction of sp³-hybridized carbons (Fsp3) is 0.800. The van der Waals surface area contributed by atoms with Crippen molar-refractivity contribution in [3.8, 4) is 0 Å². The molecule has 0 unspecified atom stereocenters. The number of carbonyl (C=O) groups excluding carboxylic acids is 2. The minimum atomic E-state index is -1.12. The molecule has 0 aliphatic heterocycles. The Morgan fingerprint density at radius 3 is 1.38 bits per heavy atom. The minimum absolute atomic E-state index is 0.103. The normalized spacial score (nSPS) is 80.5. The monoisotopic (exact) mass is 296 g/mol. The van der Waals surface area contributed by atoms with Gasteiger partial charge >= 0.3 is 0 Å². The summed E-state index contributed by atoms with van der Waals surface area (Å²) in [5.74, 6) is -1.65. The summed E-state index contributed by atoms with van der Waals surface area (Å²) in [5, 5.41) is 0. The van der Waals surface area contributed by atoms with Crippen molar-refractivity contribution in [2.45, 2.75) is 19.5 Å². The molecule has 0 aromatic rings. The molecule has 8 atom stereocenters. The topological polar surface area (TPSA) is 34.1 Å². The molecule has 0 aromatic heterocycles. The van der Waals surface area contributed by atoms with Crippen LogP contribution in [0.5, 0.6) is 0 Å². The number of alkyl halides is 4. The number of carbonyl (C=O) groups is 2. The van der Waals surface area contributed by atoms with Gasteiger partial charge in [-0.2, -0.15) is 0 Å². The molecule has 6 rings (SSSR count). The molecule has 6 aliphatic carbocycles. The summed E-state index contributed by atoms with van der Waals surface area (Å²) in [5.41, 5.74) is 0. The number of hydrogen-bond donors (Lipinski definition) is 0. The standard InChI is InChI=1S/C10H4Cl4O2/c11-7-3-1-2(6(7)16)4-8(12,5(1)15)9(3,13)10(4,7)14/h1-4H/t1-,2-,3-,4-,7+,8+,9-,10-/m0/s1. The van der Waals surface area contributed by atoms with E-state index in [0.717, 1.165) is 0 Å². The second-order valence-electron chi connectivity index (χ2n) is 5.58. The fourth-order valence-electron chi connectivity index (χ4n) is 5.46. The molecule has 6 aliphatic rings. The molecule has 0 heterocycles. The first-order valence-electron chi connectivity index (χ1n) is 5.15. The smallest absolute Gasteiger partial charge is 0.160 e. The molecule has 6 heteroatoms. The van der Waals surface area contributed by atoms with Crippen LogP contribution < -0.4 is 0 Å². The van der Waals surface area contributed by atoms with Crippen LogP contribution in [0.15, 0.2) is 0 Å². The lowest BCUT2D eigenvalue weighted by Gasteiger charge is -2.77. The number of ketones is 2. The van der Waals surface area contributed by atoms with E-state index < -0.39 is 19.5 Å². The summed E-state index contributed by atoms with van der Waals surface area (Å²) < 4.78 is 0. The van der Waals surface area contributed by atoms with Gasteiger partial charge in [0.2, 0.25) is 0 Å². The van der Waals surface area contributed by atoms with Crippen LogP contribution in [0.3, 0.4) is 0 Å². The van der Waals surface area contributed by atoms with Gasteiger partial charge < -0.3 is 0 Å². The predicted molar refractivity (Wildman–Crippen MR) is 58.3 cm³/mol. The zero-order valence-electron chi connectivity index (χ0n) is 7.64. The molecule has 0 radical (unpaired) electrons. The van der Waals surface area contributed by atoms with Crippen LogP contribution in [0.1, 0.15) is 0 Å². The molecule has 84 valence electrons. The second kappa shape index (κ2) is 1.80. The first-order valence-corrected chi connectivity index (χ1v) is 6.66. The average molecular weight is 298 g/mol. The maximum atomic E-state index is 12.2. The lowest BCUT2D eigenvalue weighted by atomic mass is 9.38. The van der Waals surface area contributed by atoms with Crippen LogP contribution >= 0.6 is 46.4 Å². The molecule has 4 bridgehead atoms. The van der Waals surface area contributed by atoms with E-state index in [1.54, 1.807) is 0 Å². The summed E-state index contributed by atoms with van der Waals surface area (Å²) >= 11 is 25.7. The average Bonchev–Trinajstić information content (AvgIpc) is 2.67. The SMILES string of the molecule is O=C1[C@H]2[C@@H]3C(=O)[C@]4(Cl)[C@H]2[C@@]2(Cl)[C@]4(Cl)[C@@H]3[C@@]12Cl. The van der Waals surface area contributed by atoms with Crippen LogP contribution in [0.4, 0.5) is 0 Å². The Hall–Kier alpha value is 0.500. The minimum Gasteiger partial charge on any atom is -0.297 e. The van der Waals surface area contributed by atoms with Gasteiger partial charge in [0.25, 0.3) is 0 Å². The van der Waals surface area contributed by atoms with Crippen molar-refractivity contribution >= 4 is 58.0 Å². The third-order valence-corrected chi connectivity index (χ3v) is 9.12. The van der Waals surface area contributed by atoms with E-state index in [2.05, 4.69) is 0 Å². The van der Waals surface area contributed by atoms with Gasteiger partial charge in [0.05, 0.1) is 9.75 Å². The van der Waals surface area contributed by atoms with E-state index >= 15 is 0 Å². The first-order chi connectivity index (χ1) is 7.30. The highest BCUT2D eigenvalue weighted by atomic mass is 35.5. The van der Waals surface area contributed by atoms with Crippen molar-refractivity contribution in [1.29, 1.82) is 0 Å². The molecule has 0 aromatic carbocycles. The largest absolute Gasteiger partial charge is 0.297 e. The number of rotatable bonds is 0. The summed E-state index contributed by atoms with van der Waals surface area (Å²) in [4.78, 5) is 20.1. The molecular weight excluding hydrogens is 294 g/mol. The summed E-state index contributed by atoms with van der Waals surface area (Å²) in [6.07, 6.45) is 0. The van der Waals surface area contributed by atoms with Crippen molar-refractivity contribution in [1.82, 2.24) is 0 Å². The Bertz CT molecular complexity index is 501. The van der Waals surface area contributed by atoms with Gasteiger partial charge in [-0.1, -0.05) is 0 Å². The number of halogens is 4. The highest BCUT2D eigenvalue weighted by molar-refractivity contribution is 6.63.